The lowest BCUT2D eigenvalue weighted by Gasteiger charge is -2.18. The lowest BCUT2D eigenvalue weighted by molar-refractivity contribution is -0.385. The molecule has 2 heterocycles. The number of carbonyl (C=O) groups excluding carboxylic acids is 1. The molecule has 0 saturated carbocycles. The summed E-state index contributed by atoms with van der Waals surface area (Å²) < 4.78 is 5.81. The van der Waals surface area contributed by atoms with Gasteiger partial charge in [0.05, 0.1) is 10.8 Å². The van der Waals surface area contributed by atoms with E-state index in [-0.39, 0.29) is 11.7 Å². The SMILES string of the molecule is O=C(NNc1ncnc(Oc2cccc3cccnc23)c1[N+](=O)[O-])C(c1ccccc1)c1ccccc1. The maximum absolute atomic E-state index is 13.3. The molecule has 182 valence electrons. The van der Waals surface area contributed by atoms with Crippen LogP contribution in [0.4, 0.5) is 11.5 Å². The standard InChI is InChI=1S/C27H20N6O4/c34-26(22(18-9-3-1-4-10-18)19-11-5-2-6-12-19)32-31-25-24(33(35)36)27(30-17-29-25)37-21-15-7-13-20-14-8-16-28-23(20)21/h1-17,22H,(H,32,34)(H,29,30,31). The van der Waals surface area contributed by atoms with Crippen LogP contribution in [0.1, 0.15) is 17.0 Å². The van der Waals surface area contributed by atoms with E-state index in [9.17, 15) is 14.9 Å². The summed E-state index contributed by atoms with van der Waals surface area (Å²) in [5.74, 6) is -1.31. The molecule has 0 aliphatic rings. The molecule has 1 amide bonds. The number of aromatic nitrogens is 3. The van der Waals surface area contributed by atoms with E-state index in [1.807, 2.05) is 72.8 Å². The van der Waals surface area contributed by atoms with E-state index in [0.717, 1.165) is 22.8 Å². The number of nitro groups is 1. The molecule has 0 atom stereocenters. The highest BCUT2D eigenvalue weighted by Crippen LogP contribution is 2.36. The van der Waals surface area contributed by atoms with Crippen LogP contribution in [0.2, 0.25) is 0 Å². The lowest BCUT2D eigenvalue weighted by atomic mass is 9.91. The van der Waals surface area contributed by atoms with Gasteiger partial charge >= 0.3 is 11.6 Å². The Balaban J connectivity index is 1.43. The molecule has 5 rings (SSSR count). The Morgan fingerprint density at radius 1 is 0.838 bits per heavy atom. The van der Waals surface area contributed by atoms with Crippen molar-refractivity contribution in [2.24, 2.45) is 0 Å². The molecule has 2 aromatic heterocycles. The number of ether oxygens (including phenoxy) is 1. The number of nitrogens with one attached hydrogen (secondary N) is 2. The highest BCUT2D eigenvalue weighted by atomic mass is 16.6. The Bertz CT molecular complexity index is 1520. The fourth-order valence-corrected chi connectivity index (χ4v) is 3.94. The van der Waals surface area contributed by atoms with Gasteiger partial charge < -0.3 is 4.74 Å². The van der Waals surface area contributed by atoms with E-state index in [4.69, 9.17) is 4.74 Å². The van der Waals surface area contributed by atoms with Crippen LogP contribution in [0.5, 0.6) is 11.6 Å². The molecule has 0 saturated heterocycles. The second kappa shape index (κ2) is 10.5. The smallest absolute Gasteiger partial charge is 0.374 e. The monoisotopic (exact) mass is 492 g/mol. The van der Waals surface area contributed by atoms with Gasteiger partial charge in [-0.05, 0) is 23.3 Å². The second-order valence-corrected chi connectivity index (χ2v) is 7.94. The topological polar surface area (TPSA) is 132 Å². The zero-order chi connectivity index (χ0) is 25.6. The Hall–Kier alpha value is -5.38. The maximum Gasteiger partial charge on any atom is 0.374 e. The largest absolute Gasteiger partial charge is 0.431 e. The number of carbonyl (C=O) groups is 1. The highest BCUT2D eigenvalue weighted by molar-refractivity contribution is 5.88. The third kappa shape index (κ3) is 5.03. The van der Waals surface area contributed by atoms with Crippen LogP contribution in [0.15, 0.2) is 104 Å². The van der Waals surface area contributed by atoms with Crippen LogP contribution < -0.4 is 15.6 Å². The summed E-state index contributed by atoms with van der Waals surface area (Å²) in [5.41, 5.74) is 6.66. The second-order valence-electron chi connectivity index (χ2n) is 7.94. The Kier molecular flexibility index (Phi) is 6.62. The summed E-state index contributed by atoms with van der Waals surface area (Å²) in [4.78, 5) is 36.8. The van der Waals surface area contributed by atoms with E-state index in [1.54, 1.807) is 24.4 Å². The van der Waals surface area contributed by atoms with Crippen molar-refractivity contribution in [1.82, 2.24) is 20.4 Å². The summed E-state index contributed by atoms with van der Waals surface area (Å²) >= 11 is 0. The van der Waals surface area contributed by atoms with Crippen molar-refractivity contribution in [3.8, 4) is 11.6 Å². The first-order chi connectivity index (χ1) is 18.1. The molecule has 2 N–H and O–H groups in total. The van der Waals surface area contributed by atoms with E-state index < -0.39 is 22.4 Å². The number of hydrogen-bond donors (Lipinski definition) is 2. The molecule has 10 heteroatoms. The normalized spacial score (nSPS) is 10.7. The Morgan fingerprint density at radius 3 is 2.19 bits per heavy atom. The first kappa shape index (κ1) is 23.4. The van der Waals surface area contributed by atoms with Crippen LogP contribution in [-0.2, 0) is 4.79 Å². The summed E-state index contributed by atoms with van der Waals surface area (Å²) in [6.45, 7) is 0. The molecule has 3 aromatic carbocycles. The minimum Gasteiger partial charge on any atom is -0.431 e. The quantitative estimate of drug-likeness (QED) is 0.228. The van der Waals surface area contributed by atoms with E-state index in [0.29, 0.717) is 11.3 Å². The Labute approximate surface area is 211 Å². The number of fused-ring (bicyclic) bond motifs is 1. The molecule has 0 aliphatic carbocycles. The van der Waals surface area contributed by atoms with Gasteiger partial charge in [0.2, 0.25) is 11.7 Å². The summed E-state index contributed by atoms with van der Waals surface area (Å²) in [6.07, 6.45) is 2.71. The third-order valence-corrected chi connectivity index (χ3v) is 5.61. The lowest BCUT2D eigenvalue weighted by Crippen LogP contribution is -2.35. The average Bonchev–Trinajstić information content (AvgIpc) is 2.93. The van der Waals surface area contributed by atoms with Crippen molar-refractivity contribution < 1.29 is 14.5 Å². The first-order valence-corrected chi connectivity index (χ1v) is 11.3. The van der Waals surface area contributed by atoms with Gasteiger partial charge in [0.25, 0.3) is 0 Å². The van der Waals surface area contributed by atoms with Crippen LogP contribution in [0.25, 0.3) is 10.9 Å². The number of hydrogen-bond acceptors (Lipinski definition) is 8. The molecular weight excluding hydrogens is 472 g/mol. The molecule has 37 heavy (non-hydrogen) atoms. The van der Waals surface area contributed by atoms with Gasteiger partial charge in [0.1, 0.15) is 11.8 Å². The van der Waals surface area contributed by atoms with Gasteiger partial charge in [-0.2, -0.15) is 4.98 Å². The molecule has 0 spiro atoms. The number of amides is 1. The summed E-state index contributed by atoms with van der Waals surface area (Å²) in [6, 6.07) is 27.3. The van der Waals surface area contributed by atoms with Gasteiger partial charge in [-0.3, -0.25) is 30.7 Å². The molecule has 0 unspecified atom stereocenters. The molecule has 0 aliphatic heterocycles. The zero-order valence-corrected chi connectivity index (χ0v) is 19.3. The Morgan fingerprint density at radius 2 is 1.51 bits per heavy atom. The predicted octanol–water partition coefficient (Wildman–Crippen LogP) is 5.00. The third-order valence-electron chi connectivity index (χ3n) is 5.61. The number of hydrazine groups is 1. The van der Waals surface area contributed by atoms with Crippen molar-refractivity contribution >= 4 is 28.3 Å². The van der Waals surface area contributed by atoms with Crippen LogP contribution in [0, 0.1) is 10.1 Å². The number of rotatable bonds is 8. The minimum absolute atomic E-state index is 0.226. The van der Waals surface area contributed by atoms with Crippen molar-refractivity contribution in [2.45, 2.75) is 5.92 Å². The number of benzene rings is 3. The molecule has 10 nitrogen and oxygen atoms in total. The van der Waals surface area contributed by atoms with Crippen LogP contribution in [-0.4, -0.2) is 25.8 Å². The predicted molar refractivity (Wildman–Crippen MR) is 137 cm³/mol. The van der Waals surface area contributed by atoms with Gasteiger partial charge in [-0.15, -0.1) is 0 Å². The number of para-hydroxylation sites is 1. The first-order valence-electron chi connectivity index (χ1n) is 11.3. The van der Waals surface area contributed by atoms with E-state index in [2.05, 4.69) is 25.8 Å². The maximum atomic E-state index is 13.3. The van der Waals surface area contributed by atoms with E-state index >= 15 is 0 Å². The van der Waals surface area contributed by atoms with Crippen LogP contribution in [0.3, 0.4) is 0 Å². The number of nitrogens with zero attached hydrogens (tertiary/aromatic N) is 4. The molecule has 5 aromatic rings. The van der Waals surface area contributed by atoms with Gasteiger partial charge in [0.15, 0.2) is 5.75 Å². The minimum atomic E-state index is -0.672. The fraction of sp³-hybridized carbons (Fsp3) is 0.0370. The van der Waals surface area contributed by atoms with Gasteiger partial charge in [0, 0.05) is 11.6 Å². The average molecular weight is 492 g/mol. The highest BCUT2D eigenvalue weighted by Gasteiger charge is 2.28. The molecule has 0 bridgehead atoms. The molecular formula is C27H20N6O4. The van der Waals surface area contributed by atoms with E-state index in [1.165, 1.54) is 0 Å². The number of anilines is 1. The molecule has 0 radical (unpaired) electrons. The van der Waals surface area contributed by atoms with Crippen molar-refractivity contribution in [3.05, 3.63) is 125 Å². The van der Waals surface area contributed by atoms with Crippen molar-refractivity contribution in [3.63, 3.8) is 0 Å². The van der Waals surface area contributed by atoms with Crippen molar-refractivity contribution in [1.29, 1.82) is 0 Å². The number of pyridine rings is 1. The summed E-state index contributed by atoms with van der Waals surface area (Å²) in [7, 11) is 0. The van der Waals surface area contributed by atoms with Crippen LogP contribution >= 0.6 is 0 Å². The zero-order valence-electron chi connectivity index (χ0n) is 19.3. The van der Waals surface area contributed by atoms with Gasteiger partial charge in [-0.25, -0.2) is 4.98 Å². The van der Waals surface area contributed by atoms with Gasteiger partial charge in [-0.1, -0.05) is 78.9 Å². The fourth-order valence-electron chi connectivity index (χ4n) is 3.94. The van der Waals surface area contributed by atoms with Crippen molar-refractivity contribution in [2.75, 3.05) is 5.43 Å². The summed E-state index contributed by atoms with van der Waals surface area (Å²) in [5, 5.41) is 12.8. The molecule has 0 fully saturated rings.